The molecule has 0 amide bonds. The molecule has 14 heteroatoms. The van der Waals surface area contributed by atoms with Gasteiger partial charge in [-0.2, -0.15) is 4.98 Å². The lowest BCUT2D eigenvalue weighted by atomic mass is 10.0. The van der Waals surface area contributed by atoms with E-state index in [9.17, 15) is 28.1 Å². The minimum atomic E-state index is -3.86. The second-order valence-corrected chi connectivity index (χ2v) is 16.0. The van der Waals surface area contributed by atoms with E-state index in [0.717, 1.165) is 53.7 Å². The molecule has 3 saturated carbocycles. The van der Waals surface area contributed by atoms with Gasteiger partial charge in [0.05, 0.1) is 50.0 Å². The van der Waals surface area contributed by atoms with Crippen LogP contribution in [0.5, 0.6) is 0 Å². The van der Waals surface area contributed by atoms with Crippen molar-refractivity contribution in [3.8, 4) is 10.6 Å². The highest BCUT2D eigenvalue weighted by Gasteiger charge is 2.44. The summed E-state index contributed by atoms with van der Waals surface area (Å²) in [5.74, 6) is -0.654. The molecule has 46 heavy (non-hydrogen) atoms. The van der Waals surface area contributed by atoms with Crippen LogP contribution in [0.4, 0.5) is 16.2 Å². The van der Waals surface area contributed by atoms with Crippen molar-refractivity contribution in [3.05, 3.63) is 53.7 Å². The Balaban J connectivity index is 1.20. The predicted octanol–water partition coefficient (Wildman–Crippen LogP) is 4.19. The zero-order chi connectivity index (χ0) is 32.2. The molecule has 0 unspecified atom stereocenters. The maximum Gasteiger partial charge on any atom is 0.225 e. The topological polar surface area (TPSA) is 170 Å². The molecule has 1 aromatic carbocycles. The Morgan fingerprint density at radius 1 is 1.04 bits per heavy atom. The summed E-state index contributed by atoms with van der Waals surface area (Å²) in [6.07, 6.45) is 4.82. The number of aliphatic hydroxyl groups excluding tert-OH is 2. The lowest BCUT2D eigenvalue weighted by Gasteiger charge is -2.24. The fourth-order valence-electron chi connectivity index (χ4n) is 6.73. The van der Waals surface area contributed by atoms with Crippen LogP contribution in [0.25, 0.3) is 20.8 Å². The van der Waals surface area contributed by atoms with Crippen LogP contribution in [0.3, 0.4) is 0 Å². The van der Waals surface area contributed by atoms with Gasteiger partial charge in [0.15, 0.2) is 9.84 Å². The van der Waals surface area contributed by atoms with Crippen molar-refractivity contribution in [1.82, 2.24) is 19.9 Å². The highest BCUT2D eigenvalue weighted by Crippen LogP contribution is 2.45. The molecule has 244 valence electrons. The van der Waals surface area contributed by atoms with E-state index in [2.05, 4.69) is 15.6 Å². The van der Waals surface area contributed by atoms with Gasteiger partial charge in [0.2, 0.25) is 5.95 Å². The van der Waals surface area contributed by atoms with Crippen LogP contribution in [-0.2, 0) is 9.84 Å². The van der Waals surface area contributed by atoms with Crippen molar-refractivity contribution in [1.29, 1.82) is 0 Å². The lowest BCUT2D eigenvalue weighted by Crippen LogP contribution is -2.36. The van der Waals surface area contributed by atoms with Gasteiger partial charge in [-0.15, -0.1) is 11.3 Å². The molecule has 3 fully saturated rings. The second-order valence-electron chi connectivity index (χ2n) is 12.9. The number of aryl methyl sites for hydroxylation is 1. The molecular formula is C32H37FN6O5S2. The molecule has 11 nitrogen and oxygen atoms in total. The summed E-state index contributed by atoms with van der Waals surface area (Å²) in [5.41, 5.74) is 2.26. The molecule has 0 aliphatic heterocycles. The number of halogens is 1. The Morgan fingerprint density at radius 3 is 2.50 bits per heavy atom. The number of sulfone groups is 1. The van der Waals surface area contributed by atoms with Gasteiger partial charge in [0.25, 0.3) is 0 Å². The van der Waals surface area contributed by atoms with Gasteiger partial charge in [0.1, 0.15) is 28.3 Å². The molecule has 0 radical (unpaired) electrons. The van der Waals surface area contributed by atoms with Gasteiger partial charge >= 0.3 is 0 Å². The van der Waals surface area contributed by atoms with Crippen LogP contribution in [0, 0.1) is 18.7 Å². The number of aromatic nitrogens is 4. The molecule has 3 heterocycles. The zero-order valence-corrected chi connectivity index (χ0v) is 27.0. The molecule has 3 aromatic heterocycles. The monoisotopic (exact) mass is 668 g/mol. The summed E-state index contributed by atoms with van der Waals surface area (Å²) < 4.78 is 40.6. The standard InChI is InChI=1S/C32H37FN6O5S2/c1-17-24(30-38-26-23(45-30)10-13-34-25(26)18-4-5-18)29(39-31(36-17)35-16-32(42)11-2-3-12-32)37-22-14-19(27(40)28(22)41)15-46(43,44)21-8-6-20(33)7-9-21/h6-10,13,18-19,22,27-28,40-42H,2-5,11-12,14-16H2,1H3,(H2,35,36,37,39)/t19-,22-,27-,28+/m1/s1. The first-order chi connectivity index (χ1) is 22.0. The Bertz CT molecular complexity index is 1860. The number of nitrogens with one attached hydrogen (secondary N) is 2. The average Bonchev–Trinajstić information content (AvgIpc) is 3.54. The molecule has 7 rings (SSSR count). The number of hydrogen-bond acceptors (Lipinski definition) is 12. The summed E-state index contributed by atoms with van der Waals surface area (Å²) in [6.45, 7) is 2.14. The molecule has 0 bridgehead atoms. The fourth-order valence-corrected chi connectivity index (χ4v) is 9.44. The Hall–Kier alpha value is -3.30. The number of hydrogen-bond donors (Lipinski definition) is 5. The van der Waals surface area contributed by atoms with Crippen LogP contribution in [0.2, 0.25) is 0 Å². The highest BCUT2D eigenvalue weighted by molar-refractivity contribution is 7.91. The van der Waals surface area contributed by atoms with Crippen molar-refractivity contribution in [3.63, 3.8) is 0 Å². The van der Waals surface area contributed by atoms with E-state index in [1.807, 2.05) is 13.0 Å². The number of fused-ring (bicyclic) bond motifs is 1. The average molecular weight is 669 g/mol. The summed E-state index contributed by atoms with van der Waals surface area (Å²) in [5, 5.41) is 40.2. The summed E-state index contributed by atoms with van der Waals surface area (Å²) in [4.78, 5) is 19.0. The molecule has 0 saturated heterocycles. The first-order valence-corrected chi connectivity index (χ1v) is 18.2. The van der Waals surface area contributed by atoms with Crippen LogP contribution in [-0.4, -0.2) is 79.8 Å². The van der Waals surface area contributed by atoms with Crippen molar-refractivity contribution >= 4 is 43.2 Å². The largest absolute Gasteiger partial charge is 0.390 e. The van der Waals surface area contributed by atoms with Crippen LogP contribution < -0.4 is 10.6 Å². The smallest absolute Gasteiger partial charge is 0.225 e. The van der Waals surface area contributed by atoms with Gasteiger partial charge < -0.3 is 26.0 Å². The molecule has 4 aromatic rings. The molecule has 3 aliphatic rings. The van der Waals surface area contributed by atoms with E-state index in [-0.39, 0.29) is 17.9 Å². The number of pyridine rings is 1. The molecule has 4 atom stereocenters. The van der Waals surface area contributed by atoms with E-state index < -0.39 is 51.2 Å². The first kappa shape index (κ1) is 31.3. The molecular weight excluding hydrogens is 632 g/mol. The van der Waals surface area contributed by atoms with Crippen molar-refractivity contribution in [2.75, 3.05) is 22.9 Å². The third-order valence-electron chi connectivity index (χ3n) is 9.44. The Labute approximate surface area is 270 Å². The van der Waals surface area contributed by atoms with Crippen molar-refractivity contribution < 1.29 is 28.1 Å². The van der Waals surface area contributed by atoms with Gasteiger partial charge in [-0.25, -0.2) is 22.8 Å². The molecule has 3 aliphatic carbocycles. The normalized spacial score (nSPS) is 24.5. The van der Waals surface area contributed by atoms with E-state index >= 15 is 0 Å². The third kappa shape index (κ3) is 6.20. The zero-order valence-electron chi connectivity index (χ0n) is 25.4. The SMILES string of the molecule is Cc1nc(NCC2(O)CCCC2)nc(N[C@@H]2C[C@H](CS(=O)(=O)c3ccc(F)cc3)[C@@H](O)[C@H]2O)c1-c1nc2c(C3CC3)nccc2s1. The van der Waals surface area contributed by atoms with Crippen molar-refractivity contribution in [2.45, 2.75) is 86.5 Å². The summed E-state index contributed by atoms with van der Waals surface area (Å²) in [6, 6.07) is 5.77. The maximum absolute atomic E-state index is 13.4. The van der Waals surface area contributed by atoms with Gasteiger partial charge in [-0.05, 0) is 69.4 Å². The third-order valence-corrected chi connectivity index (χ3v) is 12.3. The highest BCUT2D eigenvalue weighted by atomic mass is 32.2. The number of aliphatic hydroxyl groups is 3. The molecule has 5 N–H and O–H groups in total. The van der Waals surface area contributed by atoms with Gasteiger partial charge in [0, 0.05) is 24.6 Å². The number of thiazole rings is 1. The number of benzene rings is 1. The predicted molar refractivity (Wildman–Crippen MR) is 173 cm³/mol. The minimum Gasteiger partial charge on any atom is -0.390 e. The van der Waals surface area contributed by atoms with Crippen LogP contribution >= 0.6 is 11.3 Å². The van der Waals surface area contributed by atoms with Gasteiger partial charge in [-0.3, -0.25) is 4.98 Å². The lowest BCUT2D eigenvalue weighted by molar-refractivity contribution is 0.0216. The van der Waals surface area contributed by atoms with E-state index in [1.54, 1.807) is 6.20 Å². The second kappa shape index (κ2) is 12.1. The maximum atomic E-state index is 13.4. The Morgan fingerprint density at radius 2 is 1.78 bits per heavy atom. The first-order valence-electron chi connectivity index (χ1n) is 15.7. The van der Waals surface area contributed by atoms with E-state index in [1.165, 1.54) is 23.5 Å². The summed E-state index contributed by atoms with van der Waals surface area (Å²) >= 11 is 1.49. The Kier molecular flexibility index (Phi) is 8.20. The quantitative estimate of drug-likeness (QED) is 0.154. The van der Waals surface area contributed by atoms with E-state index in [0.29, 0.717) is 46.8 Å². The van der Waals surface area contributed by atoms with Crippen molar-refractivity contribution in [2.24, 2.45) is 5.92 Å². The van der Waals surface area contributed by atoms with Crippen LogP contribution in [0.1, 0.15) is 62.3 Å². The fraction of sp³-hybridized carbons (Fsp3) is 0.500. The van der Waals surface area contributed by atoms with Crippen LogP contribution in [0.15, 0.2) is 41.4 Å². The summed E-state index contributed by atoms with van der Waals surface area (Å²) in [7, 11) is -3.86. The molecule has 0 spiro atoms. The van der Waals surface area contributed by atoms with E-state index in [4.69, 9.17) is 15.0 Å². The van der Waals surface area contributed by atoms with Gasteiger partial charge in [-0.1, -0.05) is 12.8 Å². The number of nitrogens with zero attached hydrogens (tertiary/aromatic N) is 4. The number of anilines is 2. The number of rotatable bonds is 10. The minimum absolute atomic E-state index is 0.0452.